The Morgan fingerprint density at radius 3 is 2.28 bits per heavy atom. The third-order valence-electron chi connectivity index (χ3n) is 4.78. The van der Waals surface area contributed by atoms with E-state index in [4.69, 9.17) is 10.5 Å². The first-order chi connectivity index (χ1) is 11.8. The van der Waals surface area contributed by atoms with Gasteiger partial charge in [-0.1, -0.05) is 30.3 Å². The number of ether oxygens (including phenoxy) is 1. The van der Waals surface area contributed by atoms with Crippen molar-refractivity contribution >= 4 is 11.9 Å². The zero-order valence-electron chi connectivity index (χ0n) is 15.0. The van der Waals surface area contributed by atoms with E-state index < -0.39 is 17.3 Å². The molecule has 5 heteroatoms. The van der Waals surface area contributed by atoms with Gasteiger partial charge in [-0.25, -0.2) is 4.79 Å². The Kier molecular flexibility index (Phi) is 5.59. The summed E-state index contributed by atoms with van der Waals surface area (Å²) < 4.78 is 5.45. The normalized spacial score (nSPS) is 14.6. The second kappa shape index (κ2) is 7.49. The number of likely N-dealkylation sites (N-methyl/N-ethyl adjacent to an activating group) is 1. The minimum Gasteiger partial charge on any atom is -0.423 e. The molecule has 2 unspecified atom stereocenters. The van der Waals surface area contributed by atoms with Gasteiger partial charge >= 0.3 is 5.97 Å². The molecule has 0 aromatic heterocycles. The first kappa shape index (κ1) is 18.7. The van der Waals surface area contributed by atoms with Crippen LogP contribution >= 0.6 is 0 Å². The van der Waals surface area contributed by atoms with Crippen molar-refractivity contribution in [2.45, 2.75) is 25.3 Å². The predicted octanol–water partition coefficient (Wildman–Crippen LogP) is 2.60. The predicted molar refractivity (Wildman–Crippen MR) is 97.5 cm³/mol. The highest BCUT2D eigenvalue weighted by molar-refractivity contribution is 5.91. The number of carbonyl (C=O) groups excluding carboxylic acids is 2. The molecule has 0 fully saturated rings. The van der Waals surface area contributed by atoms with Gasteiger partial charge in [-0.2, -0.15) is 0 Å². The van der Waals surface area contributed by atoms with Crippen LogP contribution < -0.4 is 10.5 Å². The molecule has 5 nitrogen and oxygen atoms in total. The molecule has 132 valence electrons. The van der Waals surface area contributed by atoms with Crippen molar-refractivity contribution in [3.8, 4) is 5.75 Å². The van der Waals surface area contributed by atoms with Gasteiger partial charge in [0, 0.05) is 6.04 Å². The van der Waals surface area contributed by atoms with Gasteiger partial charge in [-0.3, -0.25) is 4.79 Å². The van der Waals surface area contributed by atoms with Crippen molar-refractivity contribution in [2.75, 3.05) is 14.1 Å². The molecule has 0 saturated heterocycles. The average molecular weight is 340 g/mol. The van der Waals surface area contributed by atoms with Crippen LogP contribution in [0.25, 0.3) is 0 Å². The number of primary amides is 1. The van der Waals surface area contributed by atoms with Crippen LogP contribution in [0.4, 0.5) is 0 Å². The monoisotopic (exact) mass is 340 g/mol. The van der Waals surface area contributed by atoms with Crippen molar-refractivity contribution < 1.29 is 14.3 Å². The highest BCUT2D eigenvalue weighted by Gasteiger charge is 2.40. The summed E-state index contributed by atoms with van der Waals surface area (Å²) in [4.78, 5) is 26.4. The van der Waals surface area contributed by atoms with E-state index in [-0.39, 0.29) is 6.04 Å². The molecule has 2 rings (SSSR count). The highest BCUT2D eigenvalue weighted by atomic mass is 16.5. The van der Waals surface area contributed by atoms with E-state index >= 15 is 0 Å². The maximum atomic E-state index is 12.2. The Hall–Kier alpha value is -2.66. The van der Waals surface area contributed by atoms with Crippen LogP contribution in [0.15, 0.2) is 54.6 Å². The summed E-state index contributed by atoms with van der Waals surface area (Å²) in [6.45, 7) is 3.74. The van der Waals surface area contributed by atoms with Gasteiger partial charge in [0.05, 0.1) is 11.0 Å². The van der Waals surface area contributed by atoms with E-state index in [0.29, 0.717) is 16.9 Å². The fraction of sp³-hybridized carbons (Fsp3) is 0.300. The van der Waals surface area contributed by atoms with Gasteiger partial charge in [0.1, 0.15) is 5.75 Å². The lowest BCUT2D eigenvalue weighted by Crippen LogP contribution is -2.52. The molecule has 2 N–H and O–H groups in total. The number of hydrogen-bond donors (Lipinski definition) is 1. The molecule has 0 aliphatic heterocycles. The Balaban J connectivity index is 2.34. The SMILES string of the molecule is CC(N(C)C)C(C)(C(N)=O)c1cccc(OC(=O)c2ccccc2)c1. The fourth-order valence-corrected chi connectivity index (χ4v) is 2.73. The Bertz CT molecular complexity index is 759. The zero-order chi connectivity index (χ0) is 18.6. The van der Waals surface area contributed by atoms with Gasteiger partial charge in [0.25, 0.3) is 0 Å². The van der Waals surface area contributed by atoms with E-state index in [2.05, 4.69) is 0 Å². The van der Waals surface area contributed by atoms with Crippen LogP contribution in [0.1, 0.15) is 29.8 Å². The molecule has 0 heterocycles. The lowest BCUT2D eigenvalue weighted by Gasteiger charge is -2.37. The molecular formula is C20H24N2O3. The van der Waals surface area contributed by atoms with Gasteiger partial charge in [-0.05, 0) is 57.8 Å². The maximum absolute atomic E-state index is 12.2. The highest BCUT2D eigenvalue weighted by Crippen LogP contribution is 2.32. The van der Waals surface area contributed by atoms with E-state index in [1.165, 1.54) is 0 Å². The number of rotatable bonds is 6. The third-order valence-corrected chi connectivity index (χ3v) is 4.78. The van der Waals surface area contributed by atoms with Gasteiger partial charge < -0.3 is 15.4 Å². The second-order valence-electron chi connectivity index (χ2n) is 6.49. The van der Waals surface area contributed by atoms with Crippen molar-refractivity contribution in [1.29, 1.82) is 0 Å². The first-order valence-electron chi connectivity index (χ1n) is 8.11. The van der Waals surface area contributed by atoms with Crippen molar-refractivity contribution in [1.82, 2.24) is 4.90 Å². The molecule has 0 saturated carbocycles. The number of amides is 1. The van der Waals surface area contributed by atoms with Crippen LogP contribution in [0.5, 0.6) is 5.75 Å². The zero-order valence-corrected chi connectivity index (χ0v) is 15.0. The van der Waals surface area contributed by atoms with Gasteiger partial charge in [0.2, 0.25) is 5.91 Å². The third kappa shape index (κ3) is 3.88. The summed E-state index contributed by atoms with van der Waals surface area (Å²) >= 11 is 0. The van der Waals surface area contributed by atoms with Crippen LogP contribution in [0.2, 0.25) is 0 Å². The fourth-order valence-electron chi connectivity index (χ4n) is 2.73. The molecule has 1 amide bonds. The van der Waals surface area contributed by atoms with Crippen LogP contribution in [-0.4, -0.2) is 36.9 Å². The minimum atomic E-state index is -0.918. The molecule has 0 aliphatic rings. The number of nitrogens with zero attached hydrogens (tertiary/aromatic N) is 1. The standard InChI is InChI=1S/C20H24N2O3/c1-14(22(3)4)20(2,19(21)24)16-11-8-12-17(13-16)25-18(23)15-9-6-5-7-10-15/h5-14H,1-4H3,(H2,21,24). The molecular weight excluding hydrogens is 316 g/mol. The summed E-state index contributed by atoms with van der Waals surface area (Å²) in [5.74, 6) is -0.496. The summed E-state index contributed by atoms with van der Waals surface area (Å²) in [6.07, 6.45) is 0. The summed E-state index contributed by atoms with van der Waals surface area (Å²) in [5.41, 5.74) is 5.97. The van der Waals surface area contributed by atoms with Crippen molar-refractivity contribution in [3.05, 3.63) is 65.7 Å². The molecule has 0 spiro atoms. The number of hydrogen-bond acceptors (Lipinski definition) is 4. The second-order valence-corrected chi connectivity index (χ2v) is 6.49. The first-order valence-corrected chi connectivity index (χ1v) is 8.11. The Labute approximate surface area is 148 Å². The van der Waals surface area contributed by atoms with Crippen LogP contribution in [-0.2, 0) is 10.2 Å². The minimum absolute atomic E-state index is 0.134. The number of nitrogens with two attached hydrogens (primary N) is 1. The Morgan fingerprint density at radius 1 is 1.08 bits per heavy atom. The average Bonchev–Trinajstić information content (AvgIpc) is 2.61. The molecule has 2 aromatic rings. The quantitative estimate of drug-likeness (QED) is 0.648. The Morgan fingerprint density at radius 2 is 1.72 bits per heavy atom. The lowest BCUT2D eigenvalue weighted by atomic mass is 9.75. The largest absolute Gasteiger partial charge is 0.423 e. The lowest BCUT2D eigenvalue weighted by molar-refractivity contribution is -0.125. The molecule has 0 aliphatic carbocycles. The summed E-state index contributed by atoms with van der Waals surface area (Å²) in [7, 11) is 3.79. The van der Waals surface area contributed by atoms with E-state index in [0.717, 1.165) is 0 Å². The molecule has 25 heavy (non-hydrogen) atoms. The summed E-state index contributed by atoms with van der Waals surface area (Å²) in [6, 6.07) is 15.6. The topological polar surface area (TPSA) is 72.6 Å². The molecule has 2 aromatic carbocycles. The molecule has 2 atom stereocenters. The number of benzene rings is 2. The van der Waals surface area contributed by atoms with E-state index in [9.17, 15) is 9.59 Å². The van der Waals surface area contributed by atoms with E-state index in [1.807, 2.05) is 38.1 Å². The number of esters is 1. The van der Waals surface area contributed by atoms with Crippen molar-refractivity contribution in [3.63, 3.8) is 0 Å². The van der Waals surface area contributed by atoms with Gasteiger partial charge in [-0.15, -0.1) is 0 Å². The van der Waals surface area contributed by atoms with Crippen LogP contribution in [0.3, 0.4) is 0 Å². The van der Waals surface area contributed by atoms with Crippen molar-refractivity contribution in [2.24, 2.45) is 5.73 Å². The van der Waals surface area contributed by atoms with Gasteiger partial charge in [0.15, 0.2) is 0 Å². The summed E-state index contributed by atoms with van der Waals surface area (Å²) in [5, 5.41) is 0. The van der Waals surface area contributed by atoms with E-state index in [1.54, 1.807) is 49.4 Å². The van der Waals surface area contributed by atoms with Crippen LogP contribution in [0, 0.1) is 0 Å². The number of carbonyl (C=O) groups is 2. The molecule has 0 radical (unpaired) electrons. The smallest absolute Gasteiger partial charge is 0.343 e. The maximum Gasteiger partial charge on any atom is 0.343 e. The molecule has 0 bridgehead atoms.